The molecule has 0 unspecified atom stereocenters. The van der Waals surface area contributed by atoms with Crippen LogP contribution in [0, 0.1) is 0 Å². The van der Waals surface area contributed by atoms with E-state index >= 15 is 0 Å². The minimum atomic E-state index is -3.13. The molecule has 0 saturated heterocycles. The van der Waals surface area contributed by atoms with E-state index in [4.69, 9.17) is 98.4 Å². The van der Waals surface area contributed by atoms with Crippen molar-refractivity contribution in [2.24, 2.45) is 0 Å². The molecule has 0 rings (SSSR count). The number of hydrogen-bond donors (Lipinski definition) is 14. The fraction of sp³-hybridized carbons (Fsp3) is 0. The third-order valence-electron chi connectivity index (χ3n) is 0. The maximum absolute atomic E-state index is 8.74. The van der Waals surface area contributed by atoms with Crippen LogP contribution in [0.25, 0.3) is 0 Å². The van der Waals surface area contributed by atoms with Gasteiger partial charge in [0.1, 0.15) is 0 Å². The van der Waals surface area contributed by atoms with Crippen molar-refractivity contribution in [3.8, 4) is 0 Å². The Hall–Kier alpha value is -0.416. The van der Waals surface area contributed by atoms with Crippen LogP contribution in [0.2, 0.25) is 0 Å². The first-order valence-electron chi connectivity index (χ1n) is 4.56. The van der Waals surface area contributed by atoms with Crippen molar-refractivity contribution in [1.29, 1.82) is 0 Å². The Morgan fingerprint density at radius 3 is 0.263 bits per heavy atom. The predicted molar refractivity (Wildman–Crippen MR) is 113 cm³/mol. The van der Waals surface area contributed by atoms with Gasteiger partial charge in [0.2, 0.25) is 0 Å². The van der Waals surface area contributed by atoms with Crippen molar-refractivity contribution in [3.63, 3.8) is 0 Å². The van der Waals surface area contributed by atoms with Crippen molar-refractivity contribution >= 4 is 125 Å². The summed E-state index contributed by atoms with van der Waals surface area (Å²) < 4.78 is 61.2. The van der Waals surface area contributed by atoms with Crippen molar-refractivity contribution in [2.75, 3.05) is 0 Å². The van der Waals surface area contributed by atoms with Gasteiger partial charge in [0.05, 0.1) is 0 Å². The Labute approximate surface area is 276 Å². The minimum Gasteiger partial charge on any atom is -0.511 e. The van der Waals surface area contributed by atoms with E-state index in [0.29, 0.717) is 0 Å². The quantitative estimate of drug-likeness (QED) is 0.101. The molecule has 0 fully saturated rings. The van der Waals surface area contributed by atoms with Gasteiger partial charge in [-0.25, -0.2) is 0 Å². The van der Waals surface area contributed by atoms with Crippen LogP contribution in [0.4, 0.5) is 0 Å². The first-order chi connectivity index (χ1) is 12.1. The van der Waals surface area contributed by atoms with Crippen LogP contribution >= 0.6 is 0 Å². The summed E-state index contributed by atoms with van der Waals surface area (Å²) in [6.45, 7) is 0. The molecule has 0 aromatic rings. The van der Waals surface area contributed by atoms with E-state index in [9.17, 15) is 0 Å². The van der Waals surface area contributed by atoms with E-state index in [-0.39, 0.29) is 116 Å². The second kappa shape index (κ2) is 109. The summed E-state index contributed by atoms with van der Waals surface area (Å²) in [5.74, 6) is 0. The van der Waals surface area contributed by atoms with Crippen molar-refractivity contribution in [2.45, 2.75) is 0 Å². The van der Waals surface area contributed by atoms with Crippen LogP contribution < -0.4 is 0 Å². The van der Waals surface area contributed by atoms with E-state index in [0.717, 1.165) is 0 Å². The van der Waals surface area contributed by atoms with Crippen LogP contribution in [0.15, 0.2) is 0 Å². The standard InChI is InChI=1S/Ca.Fe.Mg.7H2O3Si.7H2O/c;;;7*1-4(2)3;;;;;;;/h;;;7*1-2H;7*1H2/q+2;+3;+2;;;;;;;;;;;;;;. The molecule has 0 aromatic heterocycles. The predicted octanol–water partition coefficient (Wildman–Crippen LogP) is -17.8. The summed E-state index contributed by atoms with van der Waals surface area (Å²) in [6.07, 6.45) is 0. The average Bonchev–Trinajstić information content (AvgIpc) is 2.20. The molecular weight excluding hydrogens is 765 g/mol. The summed E-state index contributed by atoms with van der Waals surface area (Å²) in [6, 6.07) is 0. The molecule has 0 atom stereocenters. The van der Waals surface area contributed by atoms with Crippen LogP contribution in [0.3, 0.4) is 0 Å². The fourth-order valence-electron chi connectivity index (χ4n) is 0. The van der Waals surface area contributed by atoms with E-state index in [1.54, 1.807) is 0 Å². The second-order valence-electron chi connectivity index (χ2n) is 1.98. The Morgan fingerprint density at radius 2 is 0.263 bits per heavy atom. The van der Waals surface area contributed by atoms with Crippen molar-refractivity contribution in [1.82, 2.24) is 0 Å². The molecule has 0 amide bonds. The Kier molecular flexibility index (Phi) is 342. The van der Waals surface area contributed by atoms with Gasteiger partial charge in [0, 0.05) is 0 Å². The molecule has 229 valence electrons. The van der Waals surface area contributed by atoms with Gasteiger partial charge < -0.3 is 105 Å². The van der Waals surface area contributed by atoms with Crippen LogP contribution in [-0.2, 0) is 48.3 Å². The fourth-order valence-corrected chi connectivity index (χ4v) is 0. The molecular formula is H28CaFeMgO28Si7+7. The monoisotopic (exact) mass is 792 g/mol. The largest absolute Gasteiger partial charge is 3.00 e. The van der Waals surface area contributed by atoms with Gasteiger partial charge in [0.25, 0.3) is 0 Å². The zero-order valence-corrected chi connectivity index (χ0v) is 29.6. The third-order valence-corrected chi connectivity index (χ3v) is 0. The number of hydrogen-bond acceptors (Lipinski definition) is 7. The second-order valence-corrected chi connectivity index (χ2v) is 5.93. The smallest absolute Gasteiger partial charge is 0.511 e. The molecule has 0 heterocycles. The Balaban J connectivity index is -0.00000000865. The zero-order valence-electron chi connectivity index (χ0n) is 17.9. The normalized spacial score (nSPS) is 4.42. The molecule has 0 saturated carbocycles. The summed E-state index contributed by atoms with van der Waals surface area (Å²) in [7, 11) is -21.9. The van der Waals surface area contributed by atoms with Gasteiger partial charge in [-0.1, -0.05) is 0 Å². The first-order valence-corrected chi connectivity index (χ1v) is 13.7. The van der Waals surface area contributed by atoms with E-state index < -0.39 is 64.2 Å². The molecule has 0 aliphatic rings. The van der Waals surface area contributed by atoms with Crippen LogP contribution in [0.1, 0.15) is 0 Å². The van der Waals surface area contributed by atoms with Gasteiger partial charge in [-0.15, -0.1) is 0 Å². The molecule has 28 N–H and O–H groups in total. The van der Waals surface area contributed by atoms with E-state index in [2.05, 4.69) is 0 Å². The third kappa shape index (κ3) is 245000. The van der Waals surface area contributed by atoms with Gasteiger partial charge in [0.15, 0.2) is 0 Å². The Bertz CT molecular complexity index is 324. The summed E-state index contributed by atoms with van der Waals surface area (Å²) in [4.78, 5) is 100. The molecule has 0 aromatic carbocycles. The molecule has 0 bridgehead atoms. The molecule has 0 aliphatic heterocycles. The maximum atomic E-state index is 8.74. The van der Waals surface area contributed by atoms with Crippen LogP contribution in [-0.4, -0.2) is 230 Å². The summed E-state index contributed by atoms with van der Waals surface area (Å²) >= 11 is 0. The van der Waals surface area contributed by atoms with Crippen LogP contribution in [0.5, 0.6) is 0 Å². The minimum absolute atomic E-state index is 0. The SMILES string of the molecule is O.O.O.O.O.O.O.O=[Si](O)O.O=[Si](O)O.O=[Si](O)O.O=[Si](O)O.O=[Si](O)O.O=[Si](O)O.O=[Si](O)O.[Ca+2].[Fe+3].[Mg+2]. The molecule has 0 spiro atoms. The topological polar surface area (TPSA) is 623 Å². The maximum Gasteiger partial charge on any atom is 3.00 e. The molecule has 38 heteroatoms. The zero-order chi connectivity index (χ0) is 25.0. The van der Waals surface area contributed by atoms with E-state index in [1.165, 1.54) is 0 Å². The summed E-state index contributed by atoms with van der Waals surface area (Å²) in [5.41, 5.74) is 0. The van der Waals surface area contributed by atoms with Crippen molar-refractivity contribution in [3.05, 3.63) is 0 Å². The van der Waals surface area contributed by atoms with Gasteiger partial charge >= 0.3 is 142 Å². The molecule has 0 aliphatic carbocycles. The van der Waals surface area contributed by atoms with Gasteiger partial charge in [-0.3, -0.25) is 31.2 Å². The van der Waals surface area contributed by atoms with Gasteiger partial charge in [-0.2, -0.15) is 0 Å². The van der Waals surface area contributed by atoms with E-state index in [1.807, 2.05) is 0 Å². The van der Waals surface area contributed by atoms with Gasteiger partial charge in [-0.05, 0) is 0 Å². The Morgan fingerprint density at radius 1 is 0.263 bits per heavy atom. The van der Waals surface area contributed by atoms with Crippen molar-refractivity contribution < 1.29 is 154 Å². The molecule has 1 radical (unpaired) electrons. The molecule has 38 heavy (non-hydrogen) atoms. The first kappa shape index (κ1) is 119. The number of rotatable bonds is 0. The summed E-state index contributed by atoms with van der Waals surface area (Å²) in [5, 5.41) is 0. The molecule has 28 nitrogen and oxygen atoms in total. The average molecular weight is 793 g/mol.